The van der Waals surface area contributed by atoms with Crippen molar-refractivity contribution >= 4 is 0 Å². The van der Waals surface area contributed by atoms with E-state index in [2.05, 4.69) is 77.5 Å². The van der Waals surface area contributed by atoms with Gasteiger partial charge in [-0.2, -0.15) is 0 Å². The summed E-state index contributed by atoms with van der Waals surface area (Å²) >= 11 is 0. The Kier molecular flexibility index (Phi) is 6.80. The Hall–Kier alpha value is -2.86. The molecule has 1 saturated heterocycles. The fraction of sp³-hybridized carbons (Fsp3) is 0.333. The van der Waals surface area contributed by atoms with Crippen molar-refractivity contribution in [2.24, 2.45) is 0 Å². The van der Waals surface area contributed by atoms with E-state index in [1.165, 1.54) is 11.1 Å². The first-order chi connectivity index (χ1) is 15.6. The third kappa shape index (κ3) is 4.24. The van der Waals surface area contributed by atoms with Gasteiger partial charge in [-0.25, -0.2) is 0 Å². The number of hydrogen-bond donors (Lipinski definition) is 1. The van der Waals surface area contributed by atoms with Crippen LogP contribution in [0.25, 0.3) is 0 Å². The molecule has 1 unspecified atom stereocenters. The van der Waals surface area contributed by atoms with Gasteiger partial charge in [0, 0.05) is 26.2 Å². The minimum atomic E-state index is -0.662. The number of methoxy groups -OCH3 is 2. The Morgan fingerprint density at radius 1 is 0.844 bits per heavy atom. The Balaban J connectivity index is 1.74. The number of ether oxygens (including phenoxy) is 2. The van der Waals surface area contributed by atoms with Crippen LogP contribution >= 0.6 is 0 Å². The number of piperazine rings is 1. The predicted octanol–water partition coefficient (Wildman–Crippen LogP) is 3.93. The van der Waals surface area contributed by atoms with Crippen LogP contribution in [0.3, 0.4) is 0 Å². The molecular weight excluding hydrogens is 400 g/mol. The zero-order chi connectivity index (χ0) is 22.6. The minimum absolute atomic E-state index is 0.354. The minimum Gasteiger partial charge on any atom is -0.493 e. The highest BCUT2D eigenvalue weighted by Gasteiger charge is 2.44. The van der Waals surface area contributed by atoms with Crippen molar-refractivity contribution in [2.45, 2.75) is 11.6 Å². The van der Waals surface area contributed by atoms with Crippen LogP contribution in [0.2, 0.25) is 0 Å². The maximum absolute atomic E-state index is 11.3. The van der Waals surface area contributed by atoms with Crippen LogP contribution < -0.4 is 9.47 Å². The SMILES string of the molecule is COc1ccc(C(O)CN2CCN(C)CC2(c2ccccc2)c2ccccc2)cc1OC. The smallest absolute Gasteiger partial charge is 0.161 e. The molecule has 32 heavy (non-hydrogen) atoms. The zero-order valence-corrected chi connectivity index (χ0v) is 19.1. The number of aliphatic hydroxyl groups excluding tert-OH is 1. The second-order valence-corrected chi connectivity index (χ2v) is 8.41. The van der Waals surface area contributed by atoms with Crippen molar-refractivity contribution in [2.75, 3.05) is 47.4 Å². The fourth-order valence-electron chi connectivity index (χ4n) is 4.82. The topological polar surface area (TPSA) is 45.2 Å². The standard InChI is InChI=1S/C27H32N2O3/c1-28-16-17-29(19-24(30)21-14-15-25(31-2)26(18-21)32-3)27(20-28,22-10-6-4-7-11-22)23-12-8-5-9-13-23/h4-15,18,24,30H,16-17,19-20H2,1-3H3. The summed E-state index contributed by atoms with van der Waals surface area (Å²) in [5.74, 6) is 1.28. The van der Waals surface area contributed by atoms with Crippen LogP contribution in [0.15, 0.2) is 78.9 Å². The fourth-order valence-corrected chi connectivity index (χ4v) is 4.82. The summed E-state index contributed by atoms with van der Waals surface area (Å²) < 4.78 is 10.8. The lowest BCUT2D eigenvalue weighted by atomic mass is 9.79. The van der Waals surface area contributed by atoms with E-state index in [-0.39, 0.29) is 5.54 Å². The highest BCUT2D eigenvalue weighted by atomic mass is 16.5. The van der Waals surface area contributed by atoms with E-state index in [1.54, 1.807) is 14.2 Å². The van der Waals surface area contributed by atoms with E-state index in [0.29, 0.717) is 18.0 Å². The lowest BCUT2D eigenvalue weighted by Crippen LogP contribution is -2.60. The molecule has 1 heterocycles. The molecule has 4 rings (SSSR count). The van der Waals surface area contributed by atoms with Crippen molar-refractivity contribution < 1.29 is 14.6 Å². The van der Waals surface area contributed by atoms with Gasteiger partial charge in [0.2, 0.25) is 0 Å². The summed E-state index contributed by atoms with van der Waals surface area (Å²) in [6, 6.07) is 26.9. The molecule has 0 aromatic heterocycles. The largest absolute Gasteiger partial charge is 0.493 e. The van der Waals surface area contributed by atoms with Gasteiger partial charge in [0.25, 0.3) is 0 Å². The van der Waals surface area contributed by atoms with Crippen LogP contribution in [-0.4, -0.2) is 62.4 Å². The molecule has 1 fully saturated rings. The highest BCUT2D eigenvalue weighted by Crippen LogP contribution is 2.40. The number of benzene rings is 3. The molecular formula is C27H32N2O3. The second kappa shape index (κ2) is 9.74. The highest BCUT2D eigenvalue weighted by molar-refractivity contribution is 5.44. The normalized spacial score (nSPS) is 17.6. The van der Waals surface area contributed by atoms with E-state index in [1.807, 2.05) is 18.2 Å². The van der Waals surface area contributed by atoms with Crippen molar-refractivity contribution in [1.82, 2.24) is 9.80 Å². The quantitative estimate of drug-likeness (QED) is 0.613. The van der Waals surface area contributed by atoms with E-state index in [9.17, 15) is 5.11 Å². The van der Waals surface area contributed by atoms with Crippen LogP contribution in [0.1, 0.15) is 22.8 Å². The monoisotopic (exact) mass is 432 g/mol. The molecule has 0 bridgehead atoms. The molecule has 0 spiro atoms. The number of aliphatic hydroxyl groups is 1. The van der Waals surface area contributed by atoms with Gasteiger partial charge in [0.1, 0.15) is 0 Å². The molecule has 3 aromatic carbocycles. The first-order valence-electron chi connectivity index (χ1n) is 11.0. The Morgan fingerprint density at radius 3 is 2.00 bits per heavy atom. The zero-order valence-electron chi connectivity index (χ0n) is 19.1. The lowest BCUT2D eigenvalue weighted by Gasteiger charge is -2.51. The first-order valence-corrected chi connectivity index (χ1v) is 11.0. The summed E-state index contributed by atoms with van der Waals surface area (Å²) in [5.41, 5.74) is 2.93. The van der Waals surface area contributed by atoms with Crippen LogP contribution in [0.4, 0.5) is 0 Å². The van der Waals surface area contributed by atoms with Gasteiger partial charge in [-0.05, 0) is 35.9 Å². The van der Waals surface area contributed by atoms with Crippen LogP contribution in [0.5, 0.6) is 11.5 Å². The summed E-state index contributed by atoms with van der Waals surface area (Å²) in [4.78, 5) is 4.80. The van der Waals surface area contributed by atoms with Gasteiger partial charge in [0.05, 0.1) is 25.9 Å². The van der Waals surface area contributed by atoms with E-state index in [4.69, 9.17) is 9.47 Å². The van der Waals surface area contributed by atoms with E-state index < -0.39 is 6.10 Å². The van der Waals surface area contributed by atoms with Crippen molar-refractivity contribution in [3.63, 3.8) is 0 Å². The maximum Gasteiger partial charge on any atom is 0.161 e. The van der Waals surface area contributed by atoms with Crippen molar-refractivity contribution in [3.8, 4) is 11.5 Å². The predicted molar refractivity (Wildman–Crippen MR) is 127 cm³/mol. The summed E-state index contributed by atoms with van der Waals surface area (Å²) in [7, 11) is 5.40. The molecule has 1 atom stereocenters. The molecule has 168 valence electrons. The number of hydrogen-bond acceptors (Lipinski definition) is 5. The molecule has 3 aromatic rings. The maximum atomic E-state index is 11.3. The molecule has 1 aliphatic rings. The Bertz CT molecular complexity index is 970. The third-order valence-electron chi connectivity index (χ3n) is 6.48. The molecule has 0 saturated carbocycles. The number of likely N-dealkylation sites (N-methyl/N-ethyl adjacent to an activating group) is 1. The summed E-state index contributed by atoms with van der Waals surface area (Å²) in [6.07, 6.45) is -0.662. The first kappa shape index (κ1) is 22.3. The van der Waals surface area contributed by atoms with Crippen LogP contribution in [-0.2, 0) is 5.54 Å². The molecule has 0 aliphatic carbocycles. The Morgan fingerprint density at radius 2 is 1.44 bits per heavy atom. The molecule has 0 amide bonds. The lowest BCUT2D eigenvalue weighted by molar-refractivity contribution is -0.00344. The van der Waals surface area contributed by atoms with E-state index >= 15 is 0 Å². The number of nitrogens with zero attached hydrogens (tertiary/aromatic N) is 2. The number of β-amino-alcohol motifs (C(OH)–C–C–N with tert-alkyl or cyclic N) is 1. The third-order valence-corrected chi connectivity index (χ3v) is 6.48. The second-order valence-electron chi connectivity index (χ2n) is 8.41. The average Bonchev–Trinajstić information content (AvgIpc) is 2.85. The average molecular weight is 433 g/mol. The summed E-state index contributed by atoms with van der Waals surface area (Å²) in [5, 5.41) is 11.3. The van der Waals surface area contributed by atoms with Crippen LogP contribution in [0, 0.1) is 0 Å². The Labute approximate surface area is 190 Å². The van der Waals surface area contributed by atoms with E-state index in [0.717, 1.165) is 25.2 Å². The van der Waals surface area contributed by atoms with Gasteiger partial charge in [-0.1, -0.05) is 66.7 Å². The molecule has 1 aliphatic heterocycles. The summed E-state index contributed by atoms with van der Waals surface area (Å²) in [6.45, 7) is 3.15. The van der Waals surface area contributed by atoms with Gasteiger partial charge in [-0.3, -0.25) is 4.90 Å². The molecule has 0 radical (unpaired) electrons. The molecule has 5 heteroatoms. The van der Waals surface area contributed by atoms with Gasteiger partial charge >= 0.3 is 0 Å². The number of rotatable bonds is 7. The van der Waals surface area contributed by atoms with Gasteiger partial charge in [-0.15, -0.1) is 0 Å². The van der Waals surface area contributed by atoms with Gasteiger partial charge in [0.15, 0.2) is 11.5 Å². The molecule has 5 nitrogen and oxygen atoms in total. The van der Waals surface area contributed by atoms with Crippen molar-refractivity contribution in [1.29, 1.82) is 0 Å². The molecule has 1 N–H and O–H groups in total. The van der Waals surface area contributed by atoms with Crippen molar-refractivity contribution in [3.05, 3.63) is 95.6 Å². The van der Waals surface area contributed by atoms with Gasteiger partial charge < -0.3 is 19.5 Å².